The molecule has 0 saturated carbocycles. The average molecular weight is 262 g/mol. The van der Waals surface area contributed by atoms with Crippen molar-refractivity contribution in [3.63, 3.8) is 0 Å². The molecule has 2 rings (SSSR count). The highest BCUT2D eigenvalue weighted by Crippen LogP contribution is 2.35. The van der Waals surface area contributed by atoms with Gasteiger partial charge in [-0.3, -0.25) is 0 Å². The molecule has 1 aromatic carbocycles. The van der Waals surface area contributed by atoms with Crippen LogP contribution in [0.15, 0.2) is 38.9 Å². The molecule has 0 saturated heterocycles. The van der Waals surface area contributed by atoms with Crippen molar-refractivity contribution in [1.82, 2.24) is 4.98 Å². The van der Waals surface area contributed by atoms with Crippen LogP contribution in [0.5, 0.6) is 0 Å². The predicted octanol–water partition coefficient (Wildman–Crippen LogP) is 4.60. The fourth-order valence-corrected chi connectivity index (χ4v) is 3.13. The van der Waals surface area contributed by atoms with E-state index >= 15 is 0 Å². The van der Waals surface area contributed by atoms with Gasteiger partial charge in [0.25, 0.3) is 0 Å². The van der Waals surface area contributed by atoms with Crippen LogP contribution in [0.25, 0.3) is 0 Å². The smallest absolute Gasteiger partial charge is 0.156 e. The van der Waals surface area contributed by atoms with Crippen molar-refractivity contribution in [2.45, 2.75) is 9.24 Å². The molecule has 5 heteroatoms. The lowest BCUT2D eigenvalue weighted by Crippen LogP contribution is -1.73. The molecule has 2 aromatic rings. The quantitative estimate of drug-likeness (QED) is 0.784. The van der Waals surface area contributed by atoms with Crippen molar-refractivity contribution in [2.24, 2.45) is 0 Å². The number of aromatic nitrogens is 1. The number of benzene rings is 1. The van der Waals surface area contributed by atoms with E-state index in [2.05, 4.69) is 4.98 Å². The van der Waals surface area contributed by atoms with E-state index in [-0.39, 0.29) is 0 Å². The zero-order valence-corrected chi connectivity index (χ0v) is 10.1. The van der Waals surface area contributed by atoms with Gasteiger partial charge in [-0.05, 0) is 12.1 Å². The summed E-state index contributed by atoms with van der Waals surface area (Å²) in [6.07, 6.45) is 0. The van der Waals surface area contributed by atoms with Crippen molar-refractivity contribution in [3.05, 3.63) is 39.8 Å². The van der Waals surface area contributed by atoms with E-state index in [9.17, 15) is 0 Å². The monoisotopic (exact) mass is 261 g/mol. The number of hydrogen-bond donors (Lipinski definition) is 0. The van der Waals surface area contributed by atoms with Gasteiger partial charge in [0, 0.05) is 10.3 Å². The Kier molecular flexibility index (Phi) is 3.34. The van der Waals surface area contributed by atoms with Crippen LogP contribution >= 0.6 is 46.3 Å². The molecule has 1 heterocycles. The van der Waals surface area contributed by atoms with E-state index in [1.165, 1.54) is 23.1 Å². The lowest BCUT2D eigenvalue weighted by Gasteiger charge is -1.99. The van der Waals surface area contributed by atoms with Crippen molar-refractivity contribution in [2.75, 3.05) is 0 Å². The Balaban J connectivity index is 2.23. The van der Waals surface area contributed by atoms with E-state index in [4.69, 9.17) is 23.2 Å². The highest BCUT2D eigenvalue weighted by Gasteiger charge is 2.05. The van der Waals surface area contributed by atoms with Crippen LogP contribution in [0.2, 0.25) is 10.2 Å². The summed E-state index contributed by atoms with van der Waals surface area (Å²) < 4.78 is 0.906. The topological polar surface area (TPSA) is 12.9 Å². The molecule has 0 N–H and O–H groups in total. The normalized spacial score (nSPS) is 10.4. The van der Waals surface area contributed by atoms with E-state index in [0.29, 0.717) is 5.15 Å². The summed E-state index contributed by atoms with van der Waals surface area (Å²) >= 11 is 14.8. The number of rotatable bonds is 2. The van der Waals surface area contributed by atoms with Gasteiger partial charge in [0.2, 0.25) is 0 Å². The zero-order chi connectivity index (χ0) is 9.97. The number of thiazole rings is 1. The van der Waals surface area contributed by atoms with Crippen LogP contribution in [0.3, 0.4) is 0 Å². The minimum Gasteiger partial charge on any atom is -0.218 e. The largest absolute Gasteiger partial charge is 0.218 e. The molecule has 1 nitrogen and oxygen atoms in total. The highest BCUT2D eigenvalue weighted by molar-refractivity contribution is 8.01. The lowest BCUT2D eigenvalue weighted by molar-refractivity contribution is 1.25. The third-order valence-corrected chi connectivity index (χ3v) is 4.27. The van der Waals surface area contributed by atoms with Gasteiger partial charge in [-0.1, -0.05) is 47.1 Å². The first-order chi connectivity index (χ1) is 6.75. The number of hydrogen-bond acceptors (Lipinski definition) is 3. The first-order valence-electron chi connectivity index (χ1n) is 3.79. The van der Waals surface area contributed by atoms with Crippen LogP contribution in [0.4, 0.5) is 0 Å². The lowest BCUT2D eigenvalue weighted by atomic mass is 10.4. The summed E-state index contributed by atoms with van der Waals surface area (Å²) in [5.41, 5.74) is 0. The molecule has 0 fully saturated rings. The van der Waals surface area contributed by atoms with E-state index in [0.717, 1.165) is 14.3 Å². The van der Waals surface area contributed by atoms with Gasteiger partial charge in [0.05, 0.1) is 5.02 Å². The maximum atomic E-state index is 6.00. The summed E-state index contributed by atoms with van der Waals surface area (Å²) in [6.45, 7) is 0. The van der Waals surface area contributed by atoms with Crippen molar-refractivity contribution in [3.8, 4) is 0 Å². The molecule has 0 unspecified atom stereocenters. The minimum atomic E-state index is 0.532. The molecule has 0 atom stereocenters. The highest BCUT2D eigenvalue weighted by atomic mass is 35.5. The number of nitrogens with zero attached hydrogens (tertiary/aromatic N) is 1. The van der Waals surface area contributed by atoms with Crippen molar-refractivity contribution >= 4 is 46.3 Å². The van der Waals surface area contributed by atoms with Crippen LogP contribution in [-0.2, 0) is 0 Å². The van der Waals surface area contributed by atoms with E-state index in [1.54, 1.807) is 5.38 Å². The molecule has 0 amide bonds. The van der Waals surface area contributed by atoms with Gasteiger partial charge >= 0.3 is 0 Å². The Morgan fingerprint density at radius 3 is 2.64 bits per heavy atom. The zero-order valence-electron chi connectivity index (χ0n) is 6.91. The van der Waals surface area contributed by atoms with Gasteiger partial charge in [-0.15, -0.1) is 11.3 Å². The van der Waals surface area contributed by atoms with E-state index < -0.39 is 0 Å². The van der Waals surface area contributed by atoms with Crippen LogP contribution in [0.1, 0.15) is 0 Å². The molecule has 0 aliphatic carbocycles. The van der Waals surface area contributed by atoms with Gasteiger partial charge < -0.3 is 0 Å². The predicted molar refractivity (Wildman–Crippen MR) is 62.7 cm³/mol. The molecule has 14 heavy (non-hydrogen) atoms. The molecular weight excluding hydrogens is 257 g/mol. The summed E-state index contributed by atoms with van der Waals surface area (Å²) in [5.74, 6) is 0. The number of halogens is 2. The summed E-state index contributed by atoms with van der Waals surface area (Å²) in [6, 6.07) is 7.67. The Morgan fingerprint density at radius 2 is 2.00 bits per heavy atom. The third-order valence-electron chi connectivity index (χ3n) is 1.49. The summed E-state index contributed by atoms with van der Waals surface area (Å²) in [5, 5.41) is 3.08. The van der Waals surface area contributed by atoms with Gasteiger partial charge in [0.15, 0.2) is 4.34 Å². The fraction of sp³-hybridized carbons (Fsp3) is 0. The molecule has 0 radical (unpaired) electrons. The maximum absolute atomic E-state index is 6.00. The Labute approximate surface area is 100 Å². The molecule has 0 aliphatic heterocycles. The second-order valence-electron chi connectivity index (χ2n) is 2.47. The fourth-order valence-electron chi connectivity index (χ4n) is 0.907. The maximum Gasteiger partial charge on any atom is 0.156 e. The van der Waals surface area contributed by atoms with E-state index in [1.807, 2.05) is 24.3 Å². The molecule has 0 bridgehead atoms. The Morgan fingerprint density at radius 1 is 1.21 bits per heavy atom. The minimum absolute atomic E-state index is 0.532. The van der Waals surface area contributed by atoms with Gasteiger partial charge in [-0.25, -0.2) is 4.98 Å². The van der Waals surface area contributed by atoms with Crippen LogP contribution < -0.4 is 0 Å². The van der Waals surface area contributed by atoms with Crippen molar-refractivity contribution in [1.29, 1.82) is 0 Å². The Bertz CT molecular complexity index is 442. The standard InChI is InChI=1S/C9H5Cl2NS2/c10-6-3-1-2-4-7(6)14-9-12-8(11)5-13-9/h1-5H. The molecule has 1 aromatic heterocycles. The summed E-state index contributed by atoms with van der Waals surface area (Å²) in [4.78, 5) is 5.14. The Hall–Kier alpha value is -0.220. The molecular formula is C9H5Cl2NS2. The van der Waals surface area contributed by atoms with Crippen LogP contribution in [0, 0.1) is 0 Å². The van der Waals surface area contributed by atoms with Gasteiger partial charge in [-0.2, -0.15) is 0 Å². The first-order valence-corrected chi connectivity index (χ1v) is 6.24. The second kappa shape index (κ2) is 4.53. The summed E-state index contributed by atoms with van der Waals surface area (Å²) in [7, 11) is 0. The first kappa shape index (κ1) is 10.3. The third kappa shape index (κ3) is 2.42. The molecule has 72 valence electrons. The average Bonchev–Trinajstić information content (AvgIpc) is 2.56. The SMILES string of the molecule is Clc1csc(Sc2ccccc2Cl)n1. The van der Waals surface area contributed by atoms with Crippen LogP contribution in [-0.4, -0.2) is 4.98 Å². The van der Waals surface area contributed by atoms with Gasteiger partial charge in [0.1, 0.15) is 5.15 Å². The van der Waals surface area contributed by atoms with Crippen molar-refractivity contribution < 1.29 is 0 Å². The molecule has 0 spiro atoms. The molecule has 0 aliphatic rings. The second-order valence-corrected chi connectivity index (χ2v) is 5.41.